The number of ether oxygens (including phenoxy) is 1. The lowest BCUT2D eigenvalue weighted by Crippen LogP contribution is -2.20. The molecule has 0 spiro atoms. The number of methoxy groups -OCH3 is 1. The van der Waals surface area contributed by atoms with Crippen LogP contribution in [0.3, 0.4) is 0 Å². The highest BCUT2D eigenvalue weighted by atomic mass is 19.1. The molecule has 23 heavy (non-hydrogen) atoms. The van der Waals surface area contributed by atoms with Crippen molar-refractivity contribution in [3.8, 4) is 5.75 Å². The maximum Gasteiger partial charge on any atom is 0.261 e. The average Bonchev–Trinajstić information content (AvgIpc) is 2.53. The maximum absolute atomic E-state index is 13.2. The van der Waals surface area contributed by atoms with E-state index < -0.39 is 11.7 Å². The van der Waals surface area contributed by atoms with Gasteiger partial charge in [-0.1, -0.05) is 18.2 Å². The number of carbonyl (C=O) groups is 1. The molecule has 0 bridgehead atoms. The predicted molar refractivity (Wildman–Crippen MR) is 83.0 cm³/mol. The van der Waals surface area contributed by atoms with Crippen LogP contribution in [0.15, 0.2) is 52.9 Å². The lowest BCUT2D eigenvalue weighted by molar-refractivity contribution is 0.102. The van der Waals surface area contributed by atoms with Gasteiger partial charge in [0.2, 0.25) is 5.55 Å². The fourth-order valence-electron chi connectivity index (χ4n) is 2.23. The van der Waals surface area contributed by atoms with Crippen LogP contribution in [0, 0.1) is 11.2 Å². The number of fused-ring (bicyclic) bond motifs is 1. The number of hydrogen-bond acceptors (Lipinski definition) is 4. The van der Waals surface area contributed by atoms with Crippen molar-refractivity contribution in [3.05, 3.63) is 65.5 Å². The summed E-state index contributed by atoms with van der Waals surface area (Å²) >= 11 is 0. The first-order valence-corrected chi connectivity index (χ1v) is 6.81. The molecule has 0 aliphatic heterocycles. The zero-order valence-electron chi connectivity index (χ0n) is 12.2. The van der Waals surface area contributed by atoms with Crippen LogP contribution >= 0.6 is 0 Å². The molecule has 0 atom stereocenters. The molecule has 116 valence electrons. The van der Waals surface area contributed by atoms with Gasteiger partial charge in [-0.25, -0.2) is 4.39 Å². The normalized spacial score (nSPS) is 10.5. The summed E-state index contributed by atoms with van der Waals surface area (Å²) in [6, 6.07) is 12.3. The molecule has 0 unspecified atom stereocenters. The van der Waals surface area contributed by atoms with Crippen LogP contribution in [0.25, 0.3) is 11.0 Å². The highest BCUT2D eigenvalue weighted by molar-refractivity contribution is 6.05. The molecule has 0 aliphatic rings. The number of halogens is 1. The van der Waals surface area contributed by atoms with E-state index >= 15 is 0 Å². The first-order chi connectivity index (χ1) is 11.1. The second-order valence-corrected chi connectivity index (χ2v) is 4.83. The second kappa shape index (κ2) is 5.92. The van der Waals surface area contributed by atoms with Crippen LogP contribution in [-0.4, -0.2) is 13.0 Å². The number of rotatable bonds is 3. The summed E-state index contributed by atoms with van der Waals surface area (Å²) < 4.78 is 23.7. The van der Waals surface area contributed by atoms with Crippen molar-refractivity contribution in [2.24, 2.45) is 0 Å². The van der Waals surface area contributed by atoms with Gasteiger partial charge >= 0.3 is 0 Å². The Balaban J connectivity index is 2.01. The van der Waals surface area contributed by atoms with Gasteiger partial charge in [0.05, 0.1) is 7.11 Å². The summed E-state index contributed by atoms with van der Waals surface area (Å²) in [5.74, 6) is -0.524. The Kier molecular flexibility index (Phi) is 3.80. The number of anilines is 1. The Morgan fingerprint density at radius 2 is 2.00 bits per heavy atom. The molecule has 1 heterocycles. The van der Waals surface area contributed by atoms with E-state index in [0.717, 1.165) is 0 Å². The zero-order valence-corrected chi connectivity index (χ0v) is 12.2. The fourth-order valence-corrected chi connectivity index (χ4v) is 2.23. The quantitative estimate of drug-likeness (QED) is 0.779. The Morgan fingerprint density at radius 3 is 2.74 bits per heavy atom. The molecule has 0 aliphatic carbocycles. The van der Waals surface area contributed by atoms with E-state index in [9.17, 15) is 9.18 Å². The van der Waals surface area contributed by atoms with Crippen molar-refractivity contribution < 1.29 is 18.3 Å². The molecular formula is C17H13FN2O3. The first-order valence-electron chi connectivity index (χ1n) is 6.81. The van der Waals surface area contributed by atoms with E-state index in [0.29, 0.717) is 22.4 Å². The van der Waals surface area contributed by atoms with Gasteiger partial charge in [0.1, 0.15) is 11.4 Å². The highest BCUT2D eigenvalue weighted by Gasteiger charge is 2.14. The average molecular weight is 312 g/mol. The van der Waals surface area contributed by atoms with Crippen molar-refractivity contribution in [3.63, 3.8) is 0 Å². The lowest BCUT2D eigenvalue weighted by Gasteiger charge is -2.08. The number of nitrogens with one attached hydrogen (secondary N) is 2. The van der Waals surface area contributed by atoms with Crippen LogP contribution in [0.2, 0.25) is 0 Å². The van der Waals surface area contributed by atoms with Crippen LogP contribution < -0.4 is 15.6 Å². The molecule has 3 aromatic rings. The largest absolute Gasteiger partial charge is 0.493 e. The monoisotopic (exact) mass is 312 g/mol. The van der Waals surface area contributed by atoms with Crippen molar-refractivity contribution >= 4 is 22.6 Å². The molecule has 2 aromatic carbocycles. The number of amides is 1. The van der Waals surface area contributed by atoms with Crippen LogP contribution in [0.1, 0.15) is 10.4 Å². The summed E-state index contributed by atoms with van der Waals surface area (Å²) in [5, 5.41) is 11.1. The molecule has 0 radical (unpaired) electrons. The Hall–Kier alpha value is -3.15. The van der Waals surface area contributed by atoms with Gasteiger partial charge in [0, 0.05) is 11.1 Å². The van der Waals surface area contributed by atoms with E-state index in [2.05, 4.69) is 5.32 Å². The van der Waals surface area contributed by atoms with Crippen molar-refractivity contribution in [1.29, 1.82) is 5.41 Å². The minimum atomic E-state index is -0.547. The van der Waals surface area contributed by atoms with Gasteiger partial charge in [-0.2, -0.15) is 0 Å². The maximum atomic E-state index is 13.2. The van der Waals surface area contributed by atoms with Crippen LogP contribution in [-0.2, 0) is 0 Å². The molecule has 6 heteroatoms. The Morgan fingerprint density at radius 1 is 1.22 bits per heavy atom. The molecule has 0 saturated heterocycles. The fraction of sp³-hybridized carbons (Fsp3) is 0.0588. The first kappa shape index (κ1) is 14.8. The Bertz CT molecular complexity index is 950. The smallest absolute Gasteiger partial charge is 0.261 e. The second-order valence-electron chi connectivity index (χ2n) is 4.83. The summed E-state index contributed by atoms with van der Waals surface area (Å²) in [7, 11) is 1.50. The molecule has 1 aromatic heterocycles. The molecule has 1 amide bonds. The summed E-state index contributed by atoms with van der Waals surface area (Å²) in [6.07, 6.45) is 0. The van der Waals surface area contributed by atoms with E-state index in [1.807, 2.05) is 0 Å². The summed E-state index contributed by atoms with van der Waals surface area (Å²) in [6.45, 7) is 0. The molecule has 0 fully saturated rings. The minimum absolute atomic E-state index is 0.0509. The van der Waals surface area contributed by atoms with E-state index in [1.165, 1.54) is 31.4 Å². The van der Waals surface area contributed by atoms with Gasteiger partial charge in [-0.15, -0.1) is 0 Å². The van der Waals surface area contributed by atoms with Crippen molar-refractivity contribution in [2.45, 2.75) is 0 Å². The predicted octanol–water partition coefficient (Wildman–Crippen LogP) is 3.31. The number of benzene rings is 2. The summed E-state index contributed by atoms with van der Waals surface area (Å²) in [5.41, 5.74) is 0.452. The van der Waals surface area contributed by atoms with Crippen LogP contribution in [0.5, 0.6) is 5.75 Å². The summed E-state index contributed by atoms with van der Waals surface area (Å²) in [4.78, 5) is 12.3. The molecule has 5 nitrogen and oxygen atoms in total. The van der Waals surface area contributed by atoms with E-state index in [1.54, 1.807) is 24.3 Å². The lowest BCUT2D eigenvalue weighted by atomic mass is 10.1. The molecule has 3 rings (SSSR count). The van der Waals surface area contributed by atoms with Crippen LogP contribution in [0.4, 0.5) is 10.1 Å². The number of hydrogen-bond donors (Lipinski definition) is 2. The highest BCUT2D eigenvalue weighted by Crippen LogP contribution is 2.24. The van der Waals surface area contributed by atoms with Crippen molar-refractivity contribution in [1.82, 2.24) is 0 Å². The minimum Gasteiger partial charge on any atom is -0.493 e. The molecular weight excluding hydrogens is 299 g/mol. The van der Waals surface area contributed by atoms with E-state index in [-0.39, 0.29) is 11.1 Å². The van der Waals surface area contributed by atoms with Gasteiger partial charge in [0.15, 0.2) is 11.3 Å². The van der Waals surface area contributed by atoms with Gasteiger partial charge in [-0.3, -0.25) is 10.2 Å². The van der Waals surface area contributed by atoms with Crippen molar-refractivity contribution in [2.75, 3.05) is 12.4 Å². The third-order valence-corrected chi connectivity index (χ3v) is 3.30. The van der Waals surface area contributed by atoms with Gasteiger partial charge in [0.25, 0.3) is 5.91 Å². The SMILES string of the molecule is COc1cccc2cc(C(=O)Nc3cccc(F)c3)c(=N)oc12. The standard InChI is InChI=1S/C17H13FN2O3/c1-22-14-7-2-4-10-8-13(16(19)23-15(10)14)17(21)20-12-6-3-5-11(18)9-12/h2-9,19H,1H3,(H,20,21). The van der Waals surface area contributed by atoms with E-state index in [4.69, 9.17) is 14.6 Å². The topological polar surface area (TPSA) is 75.3 Å². The molecule has 0 saturated carbocycles. The van der Waals surface area contributed by atoms with Gasteiger partial charge in [-0.05, 0) is 30.3 Å². The zero-order chi connectivity index (χ0) is 16.4. The van der Waals surface area contributed by atoms with Gasteiger partial charge < -0.3 is 14.5 Å². The third kappa shape index (κ3) is 2.91. The third-order valence-electron chi connectivity index (χ3n) is 3.30. The molecule has 2 N–H and O–H groups in total. The number of para-hydroxylation sites is 1. The number of carbonyl (C=O) groups excluding carboxylic acids is 1. The Labute approximate surface area is 130 Å².